The van der Waals surface area contributed by atoms with Gasteiger partial charge in [0.05, 0.1) is 12.7 Å². The molecule has 6 heteroatoms. The molecule has 0 heterocycles. The van der Waals surface area contributed by atoms with Gasteiger partial charge in [-0.05, 0) is 66.7 Å². The molecular weight excluding hydrogens is 347 g/mol. The Morgan fingerprint density at radius 3 is 2.35 bits per heavy atom. The zero-order chi connectivity index (χ0) is 19.5. The van der Waals surface area contributed by atoms with E-state index in [1.807, 2.05) is 6.92 Å². The number of rotatable bonds is 11. The molecule has 0 aromatic carbocycles. The van der Waals surface area contributed by atoms with Crippen LogP contribution in [0.1, 0.15) is 79.6 Å². The van der Waals surface area contributed by atoms with E-state index >= 15 is 0 Å². The van der Waals surface area contributed by atoms with Crippen molar-refractivity contribution < 1.29 is 13.8 Å². The molecule has 1 amide bonds. The highest BCUT2D eigenvalue weighted by atomic mass is 31.2. The minimum atomic E-state index is -1.04. The average Bonchev–Trinajstić information content (AvgIpc) is 2.56. The Hall–Kier alpha value is -0.660. The van der Waals surface area contributed by atoms with Crippen LogP contribution in [0.2, 0.25) is 0 Å². The average molecular weight is 385 g/mol. The summed E-state index contributed by atoms with van der Waals surface area (Å²) in [6.07, 6.45) is 11.2. The summed E-state index contributed by atoms with van der Waals surface area (Å²) in [5, 5.41) is 3.14. The Morgan fingerprint density at radius 1 is 1.23 bits per heavy atom. The van der Waals surface area contributed by atoms with Gasteiger partial charge in [-0.2, -0.15) is 0 Å². The minimum absolute atomic E-state index is 0.118. The number of amides is 1. The van der Waals surface area contributed by atoms with Gasteiger partial charge >= 0.3 is 0 Å². The van der Waals surface area contributed by atoms with Crippen molar-refractivity contribution in [2.45, 2.75) is 104 Å². The van der Waals surface area contributed by atoms with Gasteiger partial charge in [0.25, 0.3) is 8.53 Å². The Bertz CT molecular complexity index is 435. The second-order valence-electron chi connectivity index (χ2n) is 7.43. The van der Waals surface area contributed by atoms with E-state index in [1.165, 1.54) is 0 Å². The number of terminal acetylenes is 1. The largest absolute Gasteiger partial charge is 0.353 e. The van der Waals surface area contributed by atoms with Gasteiger partial charge in [-0.1, -0.05) is 0 Å². The number of carbonyl (C=O) groups is 1. The highest BCUT2D eigenvalue weighted by Gasteiger charge is 2.31. The lowest BCUT2D eigenvalue weighted by atomic mass is 9.93. The molecule has 0 aromatic heterocycles. The SMILES string of the molecule is C#CCCCC(=O)NC1CCC(OP(OCC)N(C(C)C)C(C)C)CC1. The molecule has 1 fully saturated rings. The van der Waals surface area contributed by atoms with Crippen molar-refractivity contribution >= 4 is 14.4 Å². The molecule has 1 aliphatic rings. The standard InChI is InChI=1S/C20H37N2O3P/c1-7-9-10-11-20(23)21-18-12-14-19(15-13-18)25-26(24-8-2)22(16(3)4)17(5)6/h1,16-19H,8-15H2,2-6H3,(H,21,23). The Morgan fingerprint density at radius 2 is 1.85 bits per heavy atom. The molecule has 1 aliphatic carbocycles. The van der Waals surface area contributed by atoms with Gasteiger partial charge in [0.15, 0.2) is 0 Å². The molecular formula is C20H37N2O3P. The molecule has 150 valence electrons. The van der Waals surface area contributed by atoms with E-state index in [1.54, 1.807) is 0 Å². The normalized spacial score (nSPS) is 21.8. The molecule has 0 aliphatic heterocycles. The van der Waals surface area contributed by atoms with E-state index < -0.39 is 8.53 Å². The summed E-state index contributed by atoms with van der Waals surface area (Å²) >= 11 is 0. The summed E-state index contributed by atoms with van der Waals surface area (Å²) in [7, 11) is -1.04. The molecule has 0 radical (unpaired) electrons. The van der Waals surface area contributed by atoms with Crippen molar-refractivity contribution in [2.75, 3.05) is 6.61 Å². The summed E-state index contributed by atoms with van der Waals surface area (Å²) < 4.78 is 14.7. The van der Waals surface area contributed by atoms with Crippen LogP contribution in [0.25, 0.3) is 0 Å². The molecule has 1 saturated carbocycles. The van der Waals surface area contributed by atoms with Crippen LogP contribution in [0, 0.1) is 12.3 Å². The van der Waals surface area contributed by atoms with Crippen molar-refractivity contribution in [1.29, 1.82) is 0 Å². The lowest BCUT2D eigenvalue weighted by Gasteiger charge is -2.38. The summed E-state index contributed by atoms with van der Waals surface area (Å²) in [4.78, 5) is 11.9. The maximum atomic E-state index is 11.9. The fourth-order valence-corrected chi connectivity index (χ4v) is 5.07. The second kappa shape index (κ2) is 12.7. The van der Waals surface area contributed by atoms with Crippen LogP contribution in [-0.2, 0) is 13.8 Å². The molecule has 1 N–H and O–H groups in total. The van der Waals surface area contributed by atoms with Gasteiger partial charge in [0.2, 0.25) is 5.91 Å². The van der Waals surface area contributed by atoms with Gasteiger partial charge in [-0.25, -0.2) is 4.67 Å². The first-order valence-corrected chi connectivity index (χ1v) is 11.1. The molecule has 0 saturated heterocycles. The molecule has 1 unspecified atom stereocenters. The van der Waals surface area contributed by atoms with Crippen LogP contribution in [0.5, 0.6) is 0 Å². The van der Waals surface area contributed by atoms with Crippen LogP contribution < -0.4 is 5.32 Å². The van der Waals surface area contributed by atoms with Crippen LogP contribution in [0.3, 0.4) is 0 Å². The third kappa shape index (κ3) is 8.35. The third-order valence-corrected chi connectivity index (χ3v) is 6.75. The molecule has 1 atom stereocenters. The summed E-state index contributed by atoms with van der Waals surface area (Å²) in [6, 6.07) is 1.02. The Labute approximate surface area is 161 Å². The van der Waals surface area contributed by atoms with Crippen LogP contribution in [0.15, 0.2) is 0 Å². The molecule has 1 rings (SSSR count). The first-order valence-electron chi connectivity index (χ1n) is 9.99. The van der Waals surface area contributed by atoms with E-state index in [2.05, 4.69) is 43.6 Å². The van der Waals surface area contributed by atoms with E-state index in [0.717, 1.165) is 32.1 Å². The highest BCUT2D eigenvalue weighted by molar-refractivity contribution is 7.44. The van der Waals surface area contributed by atoms with Crippen LogP contribution in [-0.4, -0.2) is 41.4 Å². The predicted octanol–water partition coefficient (Wildman–Crippen LogP) is 4.62. The number of nitrogens with one attached hydrogen (secondary N) is 1. The zero-order valence-electron chi connectivity index (χ0n) is 17.2. The first-order chi connectivity index (χ1) is 12.4. The number of carbonyl (C=O) groups excluding carboxylic acids is 1. The van der Waals surface area contributed by atoms with Crippen LogP contribution in [0.4, 0.5) is 0 Å². The number of hydrogen-bond acceptors (Lipinski definition) is 4. The molecule has 26 heavy (non-hydrogen) atoms. The van der Waals surface area contributed by atoms with Gasteiger partial charge < -0.3 is 14.4 Å². The molecule has 0 spiro atoms. The summed E-state index contributed by atoms with van der Waals surface area (Å²) in [5.74, 6) is 2.69. The monoisotopic (exact) mass is 384 g/mol. The smallest absolute Gasteiger partial charge is 0.259 e. The number of unbranched alkanes of at least 4 members (excludes halogenated alkanes) is 1. The van der Waals surface area contributed by atoms with E-state index in [4.69, 9.17) is 15.5 Å². The Balaban J connectivity index is 2.45. The minimum Gasteiger partial charge on any atom is -0.353 e. The number of hydrogen-bond donors (Lipinski definition) is 1. The second-order valence-corrected chi connectivity index (χ2v) is 8.83. The van der Waals surface area contributed by atoms with E-state index in [0.29, 0.717) is 31.5 Å². The topological polar surface area (TPSA) is 50.8 Å². The molecule has 0 bridgehead atoms. The van der Waals surface area contributed by atoms with Crippen LogP contribution >= 0.6 is 8.53 Å². The van der Waals surface area contributed by atoms with Gasteiger partial charge in [-0.3, -0.25) is 4.79 Å². The quantitative estimate of drug-likeness (QED) is 0.321. The first kappa shape index (κ1) is 23.4. The zero-order valence-corrected chi connectivity index (χ0v) is 18.1. The highest BCUT2D eigenvalue weighted by Crippen LogP contribution is 2.48. The van der Waals surface area contributed by atoms with E-state index in [-0.39, 0.29) is 18.1 Å². The Kier molecular flexibility index (Phi) is 11.4. The maximum absolute atomic E-state index is 11.9. The predicted molar refractivity (Wildman–Crippen MR) is 109 cm³/mol. The van der Waals surface area contributed by atoms with Crippen molar-refractivity contribution in [3.63, 3.8) is 0 Å². The number of nitrogens with zero attached hydrogens (tertiary/aromatic N) is 1. The van der Waals surface area contributed by atoms with Crippen molar-refractivity contribution in [3.8, 4) is 12.3 Å². The van der Waals surface area contributed by atoms with Gasteiger partial charge in [-0.15, -0.1) is 12.3 Å². The summed E-state index contributed by atoms with van der Waals surface area (Å²) in [5.41, 5.74) is 0. The van der Waals surface area contributed by atoms with Gasteiger partial charge in [0.1, 0.15) is 0 Å². The molecule has 0 aromatic rings. The van der Waals surface area contributed by atoms with Gasteiger partial charge in [0, 0.05) is 31.0 Å². The summed E-state index contributed by atoms with van der Waals surface area (Å²) in [6.45, 7) is 11.4. The van der Waals surface area contributed by atoms with Crippen molar-refractivity contribution in [1.82, 2.24) is 9.99 Å². The van der Waals surface area contributed by atoms with Crippen molar-refractivity contribution in [3.05, 3.63) is 0 Å². The fourth-order valence-electron chi connectivity index (χ4n) is 3.33. The lowest BCUT2D eigenvalue weighted by Crippen LogP contribution is -2.39. The third-order valence-electron chi connectivity index (χ3n) is 4.49. The lowest BCUT2D eigenvalue weighted by molar-refractivity contribution is -0.122. The fraction of sp³-hybridized carbons (Fsp3) is 0.850. The van der Waals surface area contributed by atoms with Crippen molar-refractivity contribution in [2.24, 2.45) is 0 Å². The maximum Gasteiger partial charge on any atom is 0.259 e. The van der Waals surface area contributed by atoms with E-state index in [9.17, 15) is 4.79 Å². The molecule has 5 nitrogen and oxygen atoms in total.